The fourth-order valence-electron chi connectivity index (χ4n) is 2.93. The summed E-state index contributed by atoms with van der Waals surface area (Å²) >= 11 is 1.59. The van der Waals surface area contributed by atoms with Crippen molar-refractivity contribution >= 4 is 23.6 Å². The number of rotatable bonds is 8. The molecule has 3 N–H and O–H groups in total. The average Bonchev–Trinajstić information content (AvgIpc) is 2.91. The van der Waals surface area contributed by atoms with E-state index >= 15 is 0 Å². The largest absolute Gasteiger partial charge is 0.369 e. The highest BCUT2D eigenvalue weighted by atomic mass is 32.2. The molecule has 0 spiro atoms. The molecule has 2 heterocycles. The van der Waals surface area contributed by atoms with Gasteiger partial charge in [0.25, 0.3) is 0 Å². The van der Waals surface area contributed by atoms with E-state index in [1.165, 1.54) is 0 Å². The van der Waals surface area contributed by atoms with Crippen LogP contribution in [0.15, 0.2) is 5.16 Å². The zero-order valence-electron chi connectivity index (χ0n) is 14.3. The van der Waals surface area contributed by atoms with Crippen molar-refractivity contribution in [3.63, 3.8) is 0 Å². The van der Waals surface area contributed by atoms with Crippen LogP contribution in [0.25, 0.3) is 0 Å². The molecule has 0 aliphatic carbocycles. The second kappa shape index (κ2) is 9.03. The van der Waals surface area contributed by atoms with Gasteiger partial charge in [-0.1, -0.05) is 11.8 Å². The number of aryl methyl sites for hydroxylation is 1. The van der Waals surface area contributed by atoms with Gasteiger partial charge in [-0.2, -0.15) is 0 Å². The van der Waals surface area contributed by atoms with Gasteiger partial charge in [-0.25, -0.2) is 0 Å². The molecule has 9 heteroatoms. The number of carbonyl (C=O) groups excluding carboxylic acids is 2. The predicted octanol–water partition coefficient (Wildman–Crippen LogP) is 0.0120. The van der Waals surface area contributed by atoms with Crippen LogP contribution in [-0.4, -0.2) is 63.4 Å². The maximum atomic E-state index is 12.3. The molecule has 1 aromatic heterocycles. The maximum Gasteiger partial charge on any atom is 0.231 e. The predicted molar refractivity (Wildman–Crippen MR) is 92.5 cm³/mol. The number of nitrogens with one attached hydrogen (secondary N) is 1. The van der Waals surface area contributed by atoms with E-state index in [1.807, 2.05) is 11.8 Å². The van der Waals surface area contributed by atoms with Crippen molar-refractivity contribution in [1.29, 1.82) is 0 Å². The second-order valence-corrected chi connectivity index (χ2v) is 7.02. The number of hydrogen-bond acceptors (Lipinski definition) is 6. The van der Waals surface area contributed by atoms with E-state index in [0.717, 1.165) is 42.7 Å². The molecular formula is C15H26N6O2S. The van der Waals surface area contributed by atoms with Crippen LogP contribution in [0.4, 0.5) is 0 Å². The molecule has 1 saturated heterocycles. The molecule has 1 atom stereocenters. The van der Waals surface area contributed by atoms with Crippen molar-refractivity contribution in [2.45, 2.75) is 38.4 Å². The molecule has 1 aliphatic rings. The number of amides is 2. The van der Waals surface area contributed by atoms with Gasteiger partial charge in [0.1, 0.15) is 5.82 Å². The summed E-state index contributed by atoms with van der Waals surface area (Å²) in [6.45, 7) is 7.08. The number of carbonyl (C=O) groups is 2. The third-order valence-corrected chi connectivity index (χ3v) is 5.07. The second-order valence-electron chi connectivity index (χ2n) is 5.95. The monoisotopic (exact) mass is 354 g/mol. The number of hydrogen-bond donors (Lipinski definition) is 2. The number of primary amides is 1. The topological polar surface area (TPSA) is 106 Å². The van der Waals surface area contributed by atoms with Crippen molar-refractivity contribution in [2.24, 2.45) is 11.7 Å². The Balaban J connectivity index is 1.71. The van der Waals surface area contributed by atoms with Crippen LogP contribution >= 0.6 is 11.8 Å². The smallest absolute Gasteiger partial charge is 0.231 e. The van der Waals surface area contributed by atoms with Crippen LogP contribution in [-0.2, 0) is 16.1 Å². The van der Waals surface area contributed by atoms with Crippen molar-refractivity contribution < 1.29 is 9.59 Å². The summed E-state index contributed by atoms with van der Waals surface area (Å²) in [7, 11) is 0. The molecule has 134 valence electrons. The Morgan fingerprint density at radius 3 is 2.92 bits per heavy atom. The molecule has 2 amide bonds. The zero-order valence-corrected chi connectivity index (χ0v) is 15.1. The highest BCUT2D eigenvalue weighted by molar-refractivity contribution is 7.99. The first-order valence-corrected chi connectivity index (χ1v) is 9.30. The van der Waals surface area contributed by atoms with Gasteiger partial charge in [-0.3, -0.25) is 14.5 Å². The standard InChI is InChI=1S/C15H26N6O2S/c1-3-21-11(2)18-19-15(21)24-8-6-17-14(23)12-5-4-7-20(9-12)10-13(16)22/h12H,3-10H2,1-2H3,(H2,16,22)(H,17,23)/t12-/m0/s1. The Labute approximate surface area is 146 Å². The molecule has 1 aliphatic heterocycles. The Kier molecular flexibility index (Phi) is 7.04. The van der Waals surface area contributed by atoms with Crippen molar-refractivity contribution in [2.75, 3.05) is 31.9 Å². The quantitative estimate of drug-likeness (QED) is 0.503. The summed E-state index contributed by atoms with van der Waals surface area (Å²) in [5.41, 5.74) is 5.23. The maximum absolute atomic E-state index is 12.3. The van der Waals surface area contributed by atoms with Crippen molar-refractivity contribution in [1.82, 2.24) is 25.0 Å². The molecule has 2 rings (SSSR count). The van der Waals surface area contributed by atoms with Gasteiger partial charge < -0.3 is 15.6 Å². The Morgan fingerprint density at radius 2 is 2.21 bits per heavy atom. The minimum absolute atomic E-state index is 0.0536. The molecule has 0 unspecified atom stereocenters. The lowest BCUT2D eigenvalue weighted by Gasteiger charge is -2.30. The Bertz CT molecular complexity index is 576. The lowest BCUT2D eigenvalue weighted by Crippen LogP contribution is -2.46. The third-order valence-electron chi connectivity index (χ3n) is 4.11. The number of aromatic nitrogens is 3. The molecule has 0 aromatic carbocycles. The van der Waals surface area contributed by atoms with Gasteiger partial charge >= 0.3 is 0 Å². The molecule has 24 heavy (non-hydrogen) atoms. The summed E-state index contributed by atoms with van der Waals surface area (Å²) in [6, 6.07) is 0. The summed E-state index contributed by atoms with van der Waals surface area (Å²) in [5, 5.41) is 12.1. The first-order valence-electron chi connectivity index (χ1n) is 8.32. The Morgan fingerprint density at radius 1 is 1.42 bits per heavy atom. The molecule has 8 nitrogen and oxygen atoms in total. The minimum atomic E-state index is -0.345. The lowest BCUT2D eigenvalue weighted by atomic mass is 9.97. The van der Waals surface area contributed by atoms with E-state index in [1.54, 1.807) is 11.8 Å². The average molecular weight is 354 g/mol. The van der Waals surface area contributed by atoms with Gasteiger partial charge in [-0.15, -0.1) is 10.2 Å². The van der Waals surface area contributed by atoms with E-state index in [2.05, 4.69) is 27.0 Å². The minimum Gasteiger partial charge on any atom is -0.369 e. The van der Waals surface area contributed by atoms with Crippen LogP contribution in [0.2, 0.25) is 0 Å². The van der Waals surface area contributed by atoms with Gasteiger partial charge in [0.05, 0.1) is 12.5 Å². The van der Waals surface area contributed by atoms with Gasteiger partial charge in [0, 0.05) is 25.4 Å². The molecule has 0 bridgehead atoms. The first kappa shape index (κ1) is 18.7. The van der Waals surface area contributed by atoms with Gasteiger partial charge in [0.2, 0.25) is 11.8 Å². The SMILES string of the molecule is CCn1c(C)nnc1SCCNC(=O)[C@H]1CCCN(CC(N)=O)C1. The number of likely N-dealkylation sites (tertiary alicyclic amines) is 1. The molecule has 1 aromatic rings. The van der Waals surface area contributed by atoms with E-state index in [4.69, 9.17) is 5.73 Å². The third kappa shape index (κ3) is 5.20. The van der Waals surface area contributed by atoms with Gasteiger partial charge in [-0.05, 0) is 33.2 Å². The van der Waals surface area contributed by atoms with E-state index in [0.29, 0.717) is 13.1 Å². The number of nitrogens with zero attached hydrogens (tertiary/aromatic N) is 4. The van der Waals surface area contributed by atoms with Crippen LogP contribution in [0.5, 0.6) is 0 Å². The number of nitrogens with two attached hydrogens (primary N) is 1. The van der Waals surface area contributed by atoms with Crippen LogP contribution in [0.1, 0.15) is 25.6 Å². The summed E-state index contributed by atoms with van der Waals surface area (Å²) in [4.78, 5) is 25.2. The number of piperidine rings is 1. The summed E-state index contributed by atoms with van der Waals surface area (Å²) < 4.78 is 2.05. The van der Waals surface area contributed by atoms with Crippen LogP contribution in [0, 0.1) is 12.8 Å². The summed E-state index contributed by atoms with van der Waals surface area (Å²) in [6.07, 6.45) is 1.77. The molecule has 0 saturated carbocycles. The van der Waals surface area contributed by atoms with Crippen LogP contribution < -0.4 is 11.1 Å². The zero-order chi connectivity index (χ0) is 17.5. The van der Waals surface area contributed by atoms with E-state index in [9.17, 15) is 9.59 Å². The lowest BCUT2D eigenvalue weighted by molar-refractivity contribution is -0.128. The normalized spacial score (nSPS) is 18.5. The Hall–Kier alpha value is -1.61. The molecule has 0 radical (unpaired) electrons. The highest BCUT2D eigenvalue weighted by Gasteiger charge is 2.26. The fourth-order valence-corrected chi connectivity index (χ4v) is 3.83. The number of thioether (sulfide) groups is 1. The van der Waals surface area contributed by atoms with Crippen LogP contribution in [0.3, 0.4) is 0 Å². The fraction of sp³-hybridized carbons (Fsp3) is 0.733. The summed E-state index contributed by atoms with van der Waals surface area (Å²) in [5.74, 6) is 1.30. The molecule has 1 fully saturated rings. The van der Waals surface area contributed by atoms with Crippen molar-refractivity contribution in [3.8, 4) is 0 Å². The van der Waals surface area contributed by atoms with Crippen molar-refractivity contribution in [3.05, 3.63) is 5.82 Å². The highest BCUT2D eigenvalue weighted by Crippen LogP contribution is 2.17. The van der Waals surface area contributed by atoms with E-state index in [-0.39, 0.29) is 24.3 Å². The molecular weight excluding hydrogens is 328 g/mol. The first-order chi connectivity index (χ1) is 11.5. The van der Waals surface area contributed by atoms with Gasteiger partial charge in [0.15, 0.2) is 5.16 Å². The van der Waals surface area contributed by atoms with E-state index < -0.39 is 0 Å².